The van der Waals surface area contributed by atoms with Crippen LogP contribution in [0.1, 0.15) is 12.8 Å². The molecule has 2 N–H and O–H groups in total. The molecule has 1 saturated heterocycles. The van der Waals surface area contributed by atoms with Crippen LogP contribution in [0.4, 0.5) is 0 Å². The summed E-state index contributed by atoms with van der Waals surface area (Å²) in [4.78, 5) is 23.1. The number of aliphatic carboxylic acids is 1. The van der Waals surface area contributed by atoms with Crippen molar-refractivity contribution in [2.75, 3.05) is 20.1 Å². The molecule has 1 heterocycles. The third kappa shape index (κ3) is 3.02. The molecule has 0 radical (unpaired) electrons. The molecule has 13 heavy (non-hydrogen) atoms. The molecule has 5 nitrogen and oxygen atoms in total. The molecular formula is C8H14N2O3. The lowest BCUT2D eigenvalue weighted by molar-refractivity contribution is -0.150. The van der Waals surface area contributed by atoms with Gasteiger partial charge in [0.15, 0.2) is 0 Å². The number of nitrogens with zero attached hydrogens (tertiary/aromatic N) is 1. The van der Waals surface area contributed by atoms with Gasteiger partial charge >= 0.3 is 11.9 Å². The van der Waals surface area contributed by atoms with Gasteiger partial charge in [0.1, 0.15) is 0 Å². The fourth-order valence-electron chi connectivity index (χ4n) is 1.53. The van der Waals surface area contributed by atoms with Crippen LogP contribution in [0.15, 0.2) is 0 Å². The van der Waals surface area contributed by atoms with Crippen molar-refractivity contribution < 1.29 is 14.7 Å². The molecule has 5 heteroatoms. The van der Waals surface area contributed by atoms with Crippen LogP contribution < -0.4 is 5.32 Å². The number of nitrogens with one attached hydrogen (secondary N) is 1. The molecule has 1 unspecified atom stereocenters. The van der Waals surface area contributed by atoms with Gasteiger partial charge in [-0.15, -0.1) is 0 Å². The van der Waals surface area contributed by atoms with Gasteiger partial charge in [0.25, 0.3) is 0 Å². The van der Waals surface area contributed by atoms with Crippen molar-refractivity contribution in [3.63, 3.8) is 0 Å². The summed E-state index contributed by atoms with van der Waals surface area (Å²) >= 11 is 0. The number of hydrogen-bond donors (Lipinski definition) is 2. The van der Waals surface area contributed by atoms with Crippen LogP contribution in [0.3, 0.4) is 0 Å². The fraction of sp³-hybridized carbons (Fsp3) is 0.750. The predicted octanol–water partition coefficient (Wildman–Crippen LogP) is -0.719. The van der Waals surface area contributed by atoms with Gasteiger partial charge in [-0.3, -0.25) is 4.79 Å². The van der Waals surface area contributed by atoms with E-state index in [1.54, 1.807) is 0 Å². The van der Waals surface area contributed by atoms with Crippen LogP contribution in [0, 0.1) is 0 Å². The first-order valence-corrected chi connectivity index (χ1v) is 4.32. The number of carbonyl (C=O) groups excluding carboxylic acids is 1. The fourth-order valence-corrected chi connectivity index (χ4v) is 1.53. The molecule has 74 valence electrons. The third-order valence-corrected chi connectivity index (χ3v) is 2.15. The van der Waals surface area contributed by atoms with Gasteiger partial charge in [0.2, 0.25) is 0 Å². The number of rotatable bonds is 1. The molecular weight excluding hydrogens is 172 g/mol. The number of hydrogen-bond acceptors (Lipinski definition) is 3. The Bertz CT molecular complexity index is 217. The van der Waals surface area contributed by atoms with E-state index in [9.17, 15) is 9.59 Å². The van der Waals surface area contributed by atoms with Crippen LogP contribution in [0.5, 0.6) is 0 Å². The van der Waals surface area contributed by atoms with Crippen LogP contribution in [0.2, 0.25) is 0 Å². The smallest absolute Gasteiger partial charge is 0.394 e. The minimum Gasteiger partial charge on any atom is -0.474 e. The number of likely N-dealkylation sites (tertiary alicyclic amines) is 1. The maximum atomic E-state index is 10.8. The molecule has 1 aliphatic heterocycles. The quantitative estimate of drug-likeness (QED) is 0.530. The summed E-state index contributed by atoms with van der Waals surface area (Å²) in [6.45, 7) is 1.75. The zero-order valence-electron chi connectivity index (χ0n) is 7.62. The molecule has 1 aliphatic rings. The van der Waals surface area contributed by atoms with Crippen molar-refractivity contribution in [1.29, 1.82) is 0 Å². The lowest BCUT2D eigenvalue weighted by atomic mass is 10.1. The van der Waals surface area contributed by atoms with E-state index in [2.05, 4.69) is 10.2 Å². The summed E-state index contributed by atoms with van der Waals surface area (Å²) in [7, 11) is 1.96. The van der Waals surface area contributed by atoms with E-state index >= 15 is 0 Å². The van der Waals surface area contributed by atoms with Gasteiger partial charge in [-0.1, -0.05) is 0 Å². The van der Waals surface area contributed by atoms with E-state index in [4.69, 9.17) is 5.11 Å². The molecule has 0 saturated carbocycles. The summed E-state index contributed by atoms with van der Waals surface area (Å²) in [6.07, 6.45) is 1.87. The van der Waals surface area contributed by atoms with E-state index in [-0.39, 0.29) is 6.04 Å². The van der Waals surface area contributed by atoms with Gasteiger partial charge in [-0.2, -0.15) is 0 Å². The standard InChI is InChI=1S/C8H14N2O3/c1-10-4-2-3-6(5-10)9-7(11)8(12)13/h6H,2-5H2,1H3,(H,9,11)(H,12,13). The Morgan fingerprint density at radius 3 is 2.77 bits per heavy atom. The average molecular weight is 186 g/mol. The molecule has 0 aromatic carbocycles. The Hall–Kier alpha value is -1.10. The molecule has 1 fully saturated rings. The van der Waals surface area contributed by atoms with E-state index in [0.29, 0.717) is 0 Å². The Labute approximate surface area is 76.7 Å². The number of piperidine rings is 1. The minimum absolute atomic E-state index is 0.0117. The normalized spacial score (nSPS) is 23.9. The van der Waals surface area contributed by atoms with Crippen molar-refractivity contribution in [3.05, 3.63) is 0 Å². The number of carboxylic acid groups (broad SMARTS) is 1. The first kappa shape index (κ1) is 9.98. The lowest BCUT2D eigenvalue weighted by Gasteiger charge is -2.29. The van der Waals surface area contributed by atoms with Crippen molar-refractivity contribution in [1.82, 2.24) is 10.2 Å². The largest absolute Gasteiger partial charge is 0.474 e. The highest BCUT2D eigenvalue weighted by molar-refractivity contribution is 6.31. The molecule has 1 amide bonds. The molecule has 0 aliphatic carbocycles. The number of likely N-dealkylation sites (N-methyl/N-ethyl adjacent to an activating group) is 1. The van der Waals surface area contributed by atoms with E-state index in [1.807, 2.05) is 7.05 Å². The number of carbonyl (C=O) groups is 2. The van der Waals surface area contributed by atoms with Crippen LogP contribution in [-0.2, 0) is 9.59 Å². The Balaban J connectivity index is 2.36. The average Bonchev–Trinajstić information content (AvgIpc) is 2.04. The van der Waals surface area contributed by atoms with Gasteiger partial charge in [0.05, 0.1) is 0 Å². The van der Waals surface area contributed by atoms with E-state index in [1.165, 1.54) is 0 Å². The second-order valence-corrected chi connectivity index (χ2v) is 3.38. The first-order chi connectivity index (χ1) is 6.09. The minimum atomic E-state index is -1.41. The van der Waals surface area contributed by atoms with Crippen molar-refractivity contribution >= 4 is 11.9 Å². The Morgan fingerprint density at radius 2 is 2.23 bits per heavy atom. The predicted molar refractivity (Wildman–Crippen MR) is 46.3 cm³/mol. The second kappa shape index (κ2) is 4.23. The monoisotopic (exact) mass is 186 g/mol. The highest BCUT2D eigenvalue weighted by Gasteiger charge is 2.21. The zero-order valence-corrected chi connectivity index (χ0v) is 7.62. The summed E-state index contributed by atoms with van der Waals surface area (Å²) < 4.78 is 0. The number of amides is 1. The van der Waals surface area contributed by atoms with Crippen LogP contribution in [-0.4, -0.2) is 48.1 Å². The molecule has 0 aromatic rings. The molecule has 1 rings (SSSR count). The van der Waals surface area contributed by atoms with Gasteiger partial charge in [-0.25, -0.2) is 4.79 Å². The van der Waals surface area contributed by atoms with Crippen LogP contribution >= 0.6 is 0 Å². The molecule has 0 bridgehead atoms. The Kier molecular flexibility index (Phi) is 3.25. The van der Waals surface area contributed by atoms with E-state index in [0.717, 1.165) is 25.9 Å². The van der Waals surface area contributed by atoms with Crippen molar-refractivity contribution in [2.24, 2.45) is 0 Å². The molecule has 0 aromatic heterocycles. The molecule has 1 atom stereocenters. The highest BCUT2D eigenvalue weighted by Crippen LogP contribution is 2.07. The van der Waals surface area contributed by atoms with Gasteiger partial charge < -0.3 is 15.3 Å². The summed E-state index contributed by atoms with van der Waals surface area (Å²) in [5.41, 5.74) is 0. The van der Waals surface area contributed by atoms with Crippen molar-refractivity contribution in [3.8, 4) is 0 Å². The molecule has 0 spiro atoms. The summed E-state index contributed by atoms with van der Waals surface area (Å²) in [5.74, 6) is -2.31. The maximum Gasteiger partial charge on any atom is 0.394 e. The number of carboxylic acids is 1. The first-order valence-electron chi connectivity index (χ1n) is 4.32. The highest BCUT2D eigenvalue weighted by atomic mass is 16.4. The SMILES string of the molecule is CN1CCCC(NC(=O)C(=O)O)C1. The topological polar surface area (TPSA) is 69.6 Å². The van der Waals surface area contributed by atoms with Crippen molar-refractivity contribution in [2.45, 2.75) is 18.9 Å². The maximum absolute atomic E-state index is 10.8. The Morgan fingerprint density at radius 1 is 1.54 bits per heavy atom. The second-order valence-electron chi connectivity index (χ2n) is 3.38. The van der Waals surface area contributed by atoms with Crippen LogP contribution in [0.25, 0.3) is 0 Å². The lowest BCUT2D eigenvalue weighted by Crippen LogP contribution is -2.48. The third-order valence-electron chi connectivity index (χ3n) is 2.15. The zero-order chi connectivity index (χ0) is 9.84. The summed E-state index contributed by atoms with van der Waals surface area (Å²) in [6, 6.07) is -0.0117. The van der Waals surface area contributed by atoms with E-state index < -0.39 is 11.9 Å². The summed E-state index contributed by atoms with van der Waals surface area (Å²) in [5, 5.41) is 10.8. The van der Waals surface area contributed by atoms with Gasteiger partial charge in [-0.05, 0) is 26.4 Å². The van der Waals surface area contributed by atoms with Gasteiger partial charge in [0, 0.05) is 12.6 Å².